The molecule has 2 aromatic carbocycles. The van der Waals surface area contributed by atoms with Gasteiger partial charge in [-0.3, -0.25) is 4.79 Å². The van der Waals surface area contributed by atoms with Gasteiger partial charge in [0.25, 0.3) is 5.91 Å². The fourth-order valence-electron chi connectivity index (χ4n) is 3.55. The number of carbonyl (C=O) groups excluding carboxylic acids is 2. The molecule has 0 saturated heterocycles. The summed E-state index contributed by atoms with van der Waals surface area (Å²) in [6.45, 7) is 5.55. The minimum absolute atomic E-state index is 0.0522. The van der Waals surface area contributed by atoms with E-state index in [9.17, 15) is 23.0 Å². The van der Waals surface area contributed by atoms with Crippen LogP contribution in [-0.4, -0.2) is 44.7 Å². The quantitative estimate of drug-likeness (QED) is 0.470. The Bertz CT molecular complexity index is 1130. The van der Waals surface area contributed by atoms with Gasteiger partial charge in [0.15, 0.2) is 9.84 Å². The number of rotatable bonds is 7. The minimum atomic E-state index is -3.31. The van der Waals surface area contributed by atoms with Crippen LogP contribution in [0.15, 0.2) is 41.3 Å². The van der Waals surface area contributed by atoms with Crippen molar-refractivity contribution in [1.82, 2.24) is 5.32 Å². The average molecular weight is 459 g/mol. The van der Waals surface area contributed by atoms with Crippen molar-refractivity contribution in [2.45, 2.75) is 44.9 Å². The van der Waals surface area contributed by atoms with Crippen molar-refractivity contribution in [3.05, 3.63) is 58.7 Å². The highest BCUT2D eigenvalue weighted by Gasteiger charge is 2.32. The number of ether oxygens (including phenoxy) is 1. The summed E-state index contributed by atoms with van der Waals surface area (Å²) in [7, 11) is -4.38. The van der Waals surface area contributed by atoms with E-state index in [-0.39, 0.29) is 24.0 Å². The second-order valence-corrected chi connectivity index (χ2v) is 10.2. The van der Waals surface area contributed by atoms with Gasteiger partial charge >= 0.3 is 13.1 Å². The van der Waals surface area contributed by atoms with Crippen LogP contribution in [0.25, 0.3) is 0 Å². The third-order valence-corrected chi connectivity index (χ3v) is 6.56. The third-order valence-electron chi connectivity index (χ3n) is 5.43. The number of nitrogens with one attached hydrogen (secondary N) is 1. The summed E-state index contributed by atoms with van der Waals surface area (Å²) in [5.41, 5.74) is 2.99. The van der Waals surface area contributed by atoms with Crippen molar-refractivity contribution in [3.8, 4) is 0 Å². The molecule has 170 valence electrons. The first kappa shape index (κ1) is 24.0. The first-order valence-electron chi connectivity index (χ1n) is 10.2. The first-order valence-corrected chi connectivity index (χ1v) is 12.1. The standard InChI is InChI=1S/C22H26BNO7S/c1-13(2)20(22(26)30-11-15-5-8-17(9-6-15)32(4,28)29)24-21(25)18-10-7-16-12-31-23(27)19(16)14(18)3/h5-10,13,20,27H,11-12H2,1-4H3,(H,24,25)/t20-/m0/s1. The molecule has 1 aliphatic heterocycles. The van der Waals surface area contributed by atoms with Crippen molar-refractivity contribution in [2.24, 2.45) is 5.92 Å². The van der Waals surface area contributed by atoms with Crippen LogP contribution in [0.2, 0.25) is 0 Å². The van der Waals surface area contributed by atoms with Crippen molar-refractivity contribution in [1.29, 1.82) is 0 Å². The number of benzene rings is 2. The average Bonchev–Trinajstić information content (AvgIpc) is 3.11. The lowest BCUT2D eigenvalue weighted by Crippen LogP contribution is -2.46. The number of amides is 1. The number of hydrogen-bond donors (Lipinski definition) is 2. The van der Waals surface area contributed by atoms with E-state index >= 15 is 0 Å². The smallest absolute Gasteiger partial charge is 0.459 e. The lowest BCUT2D eigenvalue weighted by molar-refractivity contribution is -0.148. The molecule has 0 spiro atoms. The van der Waals surface area contributed by atoms with Gasteiger partial charge in [0.1, 0.15) is 12.6 Å². The van der Waals surface area contributed by atoms with Crippen LogP contribution in [0.4, 0.5) is 0 Å². The normalized spacial score (nSPS) is 14.2. The molecule has 1 amide bonds. The van der Waals surface area contributed by atoms with Gasteiger partial charge in [-0.1, -0.05) is 32.0 Å². The van der Waals surface area contributed by atoms with Crippen molar-refractivity contribution in [2.75, 3.05) is 6.26 Å². The monoisotopic (exact) mass is 459 g/mol. The maximum absolute atomic E-state index is 12.9. The Labute approximate surface area is 188 Å². The Morgan fingerprint density at radius 3 is 2.44 bits per heavy atom. The van der Waals surface area contributed by atoms with Gasteiger partial charge in [-0.05, 0) is 53.2 Å². The highest BCUT2D eigenvalue weighted by atomic mass is 32.2. The van der Waals surface area contributed by atoms with Crippen LogP contribution in [0.1, 0.15) is 40.9 Å². The van der Waals surface area contributed by atoms with E-state index in [1.807, 2.05) is 0 Å². The zero-order valence-corrected chi connectivity index (χ0v) is 19.2. The molecule has 3 rings (SSSR count). The topological polar surface area (TPSA) is 119 Å². The summed E-state index contributed by atoms with van der Waals surface area (Å²) in [5.74, 6) is -1.28. The molecule has 1 aliphatic rings. The molecule has 0 bridgehead atoms. The molecule has 2 N–H and O–H groups in total. The highest BCUT2D eigenvalue weighted by molar-refractivity contribution is 7.90. The molecule has 1 heterocycles. The van der Waals surface area contributed by atoms with E-state index in [1.165, 1.54) is 12.1 Å². The number of hydrogen-bond acceptors (Lipinski definition) is 7. The molecular weight excluding hydrogens is 433 g/mol. The Morgan fingerprint density at radius 1 is 1.19 bits per heavy atom. The summed E-state index contributed by atoms with van der Waals surface area (Å²) in [6.07, 6.45) is 1.12. The van der Waals surface area contributed by atoms with Gasteiger partial charge in [-0.2, -0.15) is 0 Å². The fourth-order valence-corrected chi connectivity index (χ4v) is 4.18. The zero-order chi connectivity index (χ0) is 23.6. The fraction of sp³-hybridized carbons (Fsp3) is 0.364. The summed E-state index contributed by atoms with van der Waals surface area (Å²) >= 11 is 0. The molecule has 32 heavy (non-hydrogen) atoms. The summed E-state index contributed by atoms with van der Waals surface area (Å²) < 4.78 is 33.7. The van der Waals surface area contributed by atoms with Crippen LogP contribution in [0.3, 0.4) is 0 Å². The second kappa shape index (κ2) is 9.44. The number of sulfone groups is 1. The molecule has 0 unspecified atom stereocenters. The Hall–Kier alpha value is -2.69. The van der Waals surface area contributed by atoms with Crippen LogP contribution in [-0.2, 0) is 37.2 Å². The van der Waals surface area contributed by atoms with Crippen LogP contribution >= 0.6 is 0 Å². The zero-order valence-electron chi connectivity index (χ0n) is 18.4. The largest absolute Gasteiger partial charge is 0.492 e. The van der Waals surface area contributed by atoms with Crippen LogP contribution in [0.5, 0.6) is 0 Å². The van der Waals surface area contributed by atoms with Gasteiger partial charge in [0.2, 0.25) is 0 Å². The maximum Gasteiger partial charge on any atom is 0.492 e. The Kier molecular flexibility index (Phi) is 7.07. The molecule has 2 aromatic rings. The molecule has 10 heteroatoms. The maximum atomic E-state index is 12.9. The minimum Gasteiger partial charge on any atom is -0.459 e. The van der Waals surface area contributed by atoms with Gasteiger partial charge in [-0.15, -0.1) is 0 Å². The Balaban J connectivity index is 1.68. The van der Waals surface area contributed by atoms with Crippen molar-refractivity contribution < 1.29 is 32.4 Å². The van der Waals surface area contributed by atoms with Gasteiger partial charge < -0.3 is 19.7 Å². The van der Waals surface area contributed by atoms with E-state index in [0.29, 0.717) is 22.2 Å². The molecule has 8 nitrogen and oxygen atoms in total. The van der Waals surface area contributed by atoms with E-state index in [1.54, 1.807) is 45.0 Å². The third kappa shape index (κ3) is 5.20. The Morgan fingerprint density at radius 2 is 1.84 bits per heavy atom. The van der Waals surface area contributed by atoms with E-state index in [2.05, 4.69) is 5.32 Å². The highest BCUT2D eigenvalue weighted by Crippen LogP contribution is 2.17. The summed E-state index contributed by atoms with van der Waals surface area (Å²) in [6, 6.07) is 8.56. The lowest BCUT2D eigenvalue weighted by Gasteiger charge is -2.22. The first-order chi connectivity index (χ1) is 15.0. The van der Waals surface area contributed by atoms with E-state index in [4.69, 9.17) is 9.39 Å². The van der Waals surface area contributed by atoms with Gasteiger partial charge in [0.05, 0.1) is 11.5 Å². The van der Waals surface area contributed by atoms with Gasteiger partial charge in [-0.25, -0.2) is 13.2 Å². The molecule has 0 aromatic heterocycles. The molecule has 0 radical (unpaired) electrons. The number of fused-ring (bicyclic) bond motifs is 1. The number of esters is 1. The molecule has 0 aliphatic carbocycles. The molecule has 0 saturated carbocycles. The van der Waals surface area contributed by atoms with Crippen molar-refractivity contribution >= 4 is 34.3 Å². The second-order valence-electron chi connectivity index (χ2n) is 8.19. The van der Waals surface area contributed by atoms with Crippen molar-refractivity contribution in [3.63, 3.8) is 0 Å². The molecule has 1 atom stereocenters. The van der Waals surface area contributed by atoms with Gasteiger partial charge in [0, 0.05) is 11.8 Å². The van der Waals surface area contributed by atoms with Crippen LogP contribution < -0.4 is 10.8 Å². The summed E-state index contributed by atoms with van der Waals surface area (Å²) in [5, 5.41) is 12.7. The summed E-state index contributed by atoms with van der Waals surface area (Å²) in [4.78, 5) is 25.8. The number of carbonyl (C=O) groups is 2. The predicted molar refractivity (Wildman–Crippen MR) is 119 cm³/mol. The SMILES string of the molecule is Cc1c(C(=O)N[C@H](C(=O)OCc2ccc(S(C)(=O)=O)cc2)C(C)C)ccc2c1B(O)OC2. The van der Waals surface area contributed by atoms with Crippen LogP contribution in [0, 0.1) is 12.8 Å². The van der Waals surface area contributed by atoms with E-state index in [0.717, 1.165) is 11.8 Å². The van der Waals surface area contributed by atoms with E-state index < -0.39 is 34.9 Å². The lowest BCUT2D eigenvalue weighted by atomic mass is 9.75. The predicted octanol–water partition coefficient (Wildman–Crippen LogP) is 1.11. The molecular formula is C22H26BNO7S. The molecule has 0 fully saturated rings.